The number of hydrogen-bond donors (Lipinski definition) is 0. The molecule has 1 heterocycles. The predicted molar refractivity (Wildman–Crippen MR) is 60.5 cm³/mol. The van der Waals surface area contributed by atoms with Gasteiger partial charge >= 0.3 is 0 Å². The molecule has 0 saturated carbocycles. The van der Waals surface area contributed by atoms with Gasteiger partial charge in [0.15, 0.2) is 0 Å². The molecule has 1 saturated heterocycles. The van der Waals surface area contributed by atoms with Gasteiger partial charge in [-0.05, 0) is 44.8 Å². The Hall–Kier alpha value is 0.310. The van der Waals surface area contributed by atoms with Crippen molar-refractivity contribution in [3.05, 3.63) is 0 Å². The summed E-state index contributed by atoms with van der Waals surface area (Å²) in [6.45, 7) is 8.32. The Morgan fingerprint density at radius 2 is 1.92 bits per heavy atom. The fourth-order valence-electron chi connectivity index (χ4n) is 2.17. The van der Waals surface area contributed by atoms with E-state index >= 15 is 0 Å². The van der Waals surface area contributed by atoms with Crippen LogP contribution in [-0.4, -0.2) is 47.5 Å². The first-order valence-electron chi connectivity index (χ1n) is 4.87. The first-order valence-corrected chi connectivity index (χ1v) is 7.65. The molecule has 1 unspecified atom stereocenters. The maximum Gasteiger partial charge on any atom is 0.0146 e. The van der Waals surface area contributed by atoms with E-state index in [1.54, 1.807) is 0 Å². The van der Waals surface area contributed by atoms with Crippen molar-refractivity contribution in [2.24, 2.45) is 0 Å². The highest BCUT2D eigenvalue weighted by molar-refractivity contribution is 8.32. The fraction of sp³-hybridized carbons (Fsp3) is 1.00. The quantitative estimate of drug-likeness (QED) is 0.611. The lowest BCUT2D eigenvalue weighted by Crippen LogP contribution is -2.48. The molecule has 0 aromatic heterocycles. The van der Waals surface area contributed by atoms with Crippen LogP contribution < -0.4 is 0 Å². The molecule has 1 aliphatic rings. The van der Waals surface area contributed by atoms with Crippen molar-refractivity contribution >= 4 is 10.0 Å². The Kier molecular flexibility index (Phi) is 3.11. The third-order valence-electron chi connectivity index (χ3n) is 2.82. The SMILES string of the molecule is CC(C)N1CCS(C)(C)CC1C. The highest BCUT2D eigenvalue weighted by atomic mass is 32.3. The van der Waals surface area contributed by atoms with Crippen LogP contribution in [0.1, 0.15) is 20.8 Å². The van der Waals surface area contributed by atoms with Crippen molar-refractivity contribution in [3.63, 3.8) is 0 Å². The average Bonchev–Trinajstić information content (AvgIpc) is 1.83. The van der Waals surface area contributed by atoms with Gasteiger partial charge in [0.1, 0.15) is 0 Å². The predicted octanol–water partition coefficient (Wildman–Crippen LogP) is 2.16. The van der Waals surface area contributed by atoms with Gasteiger partial charge in [-0.1, -0.05) is 0 Å². The molecule has 12 heavy (non-hydrogen) atoms. The van der Waals surface area contributed by atoms with Gasteiger partial charge in [-0.2, -0.15) is 0 Å². The van der Waals surface area contributed by atoms with Crippen molar-refractivity contribution < 1.29 is 0 Å². The molecule has 0 aromatic carbocycles. The normalized spacial score (nSPS) is 33.7. The second kappa shape index (κ2) is 3.59. The maximum absolute atomic E-state index is 2.64. The zero-order valence-electron chi connectivity index (χ0n) is 9.13. The Labute approximate surface area is 78.8 Å². The van der Waals surface area contributed by atoms with Crippen LogP contribution in [0.4, 0.5) is 0 Å². The number of nitrogens with zero attached hydrogens (tertiary/aromatic N) is 1. The van der Waals surface area contributed by atoms with Gasteiger partial charge in [0.05, 0.1) is 0 Å². The first kappa shape index (κ1) is 10.4. The van der Waals surface area contributed by atoms with E-state index in [4.69, 9.17) is 0 Å². The minimum atomic E-state index is -0.240. The van der Waals surface area contributed by atoms with Crippen LogP contribution >= 0.6 is 10.0 Å². The zero-order valence-corrected chi connectivity index (χ0v) is 9.95. The van der Waals surface area contributed by atoms with Crippen LogP contribution in [0.5, 0.6) is 0 Å². The molecule has 0 spiro atoms. The van der Waals surface area contributed by atoms with E-state index in [0.29, 0.717) is 0 Å². The molecule has 1 atom stereocenters. The summed E-state index contributed by atoms with van der Waals surface area (Å²) in [6.07, 6.45) is 4.95. The molecule has 1 fully saturated rings. The molecule has 0 aliphatic carbocycles. The summed E-state index contributed by atoms with van der Waals surface area (Å²) in [5.41, 5.74) is 0. The molecule has 0 amide bonds. The van der Waals surface area contributed by atoms with E-state index in [-0.39, 0.29) is 10.0 Å². The minimum absolute atomic E-state index is 0.240. The molecule has 1 aliphatic heterocycles. The molecule has 2 heteroatoms. The fourth-order valence-corrected chi connectivity index (χ4v) is 4.54. The largest absolute Gasteiger partial charge is 0.297 e. The lowest BCUT2D eigenvalue weighted by Gasteiger charge is -2.47. The van der Waals surface area contributed by atoms with Crippen LogP contribution in [0.15, 0.2) is 0 Å². The third kappa shape index (κ3) is 2.40. The van der Waals surface area contributed by atoms with E-state index in [9.17, 15) is 0 Å². The van der Waals surface area contributed by atoms with Crippen LogP contribution in [0.2, 0.25) is 0 Å². The van der Waals surface area contributed by atoms with Crippen molar-refractivity contribution in [1.82, 2.24) is 4.90 Å². The summed E-state index contributed by atoms with van der Waals surface area (Å²) in [4.78, 5) is 2.64. The van der Waals surface area contributed by atoms with Crippen molar-refractivity contribution in [3.8, 4) is 0 Å². The van der Waals surface area contributed by atoms with Gasteiger partial charge < -0.3 is 0 Å². The molecular weight excluding hydrogens is 166 g/mol. The molecule has 74 valence electrons. The summed E-state index contributed by atoms with van der Waals surface area (Å²) in [5, 5.41) is 0. The summed E-state index contributed by atoms with van der Waals surface area (Å²) >= 11 is 0. The van der Waals surface area contributed by atoms with Crippen LogP contribution in [0, 0.1) is 0 Å². The van der Waals surface area contributed by atoms with E-state index in [0.717, 1.165) is 12.1 Å². The monoisotopic (exact) mass is 189 g/mol. The lowest BCUT2D eigenvalue weighted by molar-refractivity contribution is 0.183. The van der Waals surface area contributed by atoms with E-state index in [1.807, 2.05) is 0 Å². The first-order chi connectivity index (χ1) is 5.42. The number of hydrogen-bond acceptors (Lipinski definition) is 1. The third-order valence-corrected chi connectivity index (χ3v) is 5.50. The van der Waals surface area contributed by atoms with Gasteiger partial charge in [0.2, 0.25) is 0 Å². The second-order valence-corrected chi connectivity index (χ2v) is 9.09. The van der Waals surface area contributed by atoms with Gasteiger partial charge in [-0.15, -0.1) is 0 Å². The maximum atomic E-state index is 2.64. The van der Waals surface area contributed by atoms with Crippen molar-refractivity contribution in [2.75, 3.05) is 30.6 Å². The topological polar surface area (TPSA) is 3.24 Å². The molecular formula is C10H23NS. The van der Waals surface area contributed by atoms with Crippen molar-refractivity contribution in [1.29, 1.82) is 0 Å². The van der Waals surface area contributed by atoms with E-state index in [1.165, 1.54) is 18.1 Å². The molecule has 0 bridgehead atoms. The van der Waals surface area contributed by atoms with Crippen molar-refractivity contribution in [2.45, 2.75) is 32.9 Å². The summed E-state index contributed by atoms with van der Waals surface area (Å²) in [5.74, 6) is 2.88. The number of rotatable bonds is 1. The van der Waals surface area contributed by atoms with Gasteiger partial charge in [-0.3, -0.25) is 4.90 Å². The Morgan fingerprint density at radius 1 is 1.33 bits per heavy atom. The second-order valence-electron chi connectivity index (χ2n) is 4.82. The van der Waals surface area contributed by atoms with E-state index in [2.05, 4.69) is 38.2 Å². The molecule has 0 radical (unpaired) electrons. The summed E-state index contributed by atoms with van der Waals surface area (Å²) in [7, 11) is -0.240. The Bertz CT molecular complexity index is 154. The minimum Gasteiger partial charge on any atom is -0.297 e. The van der Waals surface area contributed by atoms with Gasteiger partial charge in [0, 0.05) is 18.6 Å². The zero-order chi connectivity index (χ0) is 9.35. The average molecular weight is 189 g/mol. The van der Waals surface area contributed by atoms with Crippen LogP contribution in [0.3, 0.4) is 0 Å². The Balaban J connectivity index is 2.54. The molecule has 1 rings (SSSR count). The van der Waals surface area contributed by atoms with Crippen LogP contribution in [-0.2, 0) is 0 Å². The van der Waals surface area contributed by atoms with E-state index < -0.39 is 0 Å². The van der Waals surface area contributed by atoms with Gasteiger partial charge in [0.25, 0.3) is 0 Å². The highest BCUT2D eigenvalue weighted by Gasteiger charge is 2.28. The molecule has 0 N–H and O–H groups in total. The summed E-state index contributed by atoms with van der Waals surface area (Å²) < 4.78 is 0. The Morgan fingerprint density at radius 3 is 2.33 bits per heavy atom. The molecule has 1 nitrogen and oxygen atoms in total. The highest BCUT2D eigenvalue weighted by Crippen LogP contribution is 2.44. The molecule has 0 aromatic rings. The lowest BCUT2D eigenvalue weighted by atomic mass is 10.2. The van der Waals surface area contributed by atoms with Gasteiger partial charge in [-0.25, -0.2) is 10.0 Å². The standard InChI is InChI=1S/C10H23NS/c1-9(2)11-6-7-12(4,5)8-10(11)3/h9-10H,6-8H2,1-5H3. The summed E-state index contributed by atoms with van der Waals surface area (Å²) in [6, 6.07) is 1.54. The smallest absolute Gasteiger partial charge is 0.0146 e. The van der Waals surface area contributed by atoms with Crippen LogP contribution in [0.25, 0.3) is 0 Å².